The van der Waals surface area contributed by atoms with Gasteiger partial charge in [-0.05, 0) is 23.6 Å². The van der Waals surface area contributed by atoms with Crippen molar-refractivity contribution in [2.45, 2.75) is 0 Å². The minimum absolute atomic E-state index is 0.439. The van der Waals surface area contributed by atoms with Crippen molar-refractivity contribution in [3.63, 3.8) is 0 Å². The van der Waals surface area contributed by atoms with E-state index in [1.165, 1.54) is 11.3 Å². The van der Waals surface area contributed by atoms with E-state index in [1.54, 1.807) is 17.5 Å². The fourth-order valence-corrected chi connectivity index (χ4v) is 3.57. The van der Waals surface area contributed by atoms with E-state index in [4.69, 9.17) is 10.3 Å². The molecule has 4 aromatic rings. The predicted molar refractivity (Wildman–Crippen MR) is 80.6 cm³/mol. The summed E-state index contributed by atoms with van der Waals surface area (Å²) in [6.07, 6.45) is 1.74. The van der Waals surface area contributed by atoms with Crippen LogP contribution in [0.25, 0.3) is 31.7 Å². The average Bonchev–Trinajstić information content (AvgIpc) is 3.17. The van der Waals surface area contributed by atoms with Gasteiger partial charge in [-0.1, -0.05) is 11.2 Å². The Balaban J connectivity index is 1.85. The molecule has 5 nitrogen and oxygen atoms in total. The lowest BCUT2D eigenvalue weighted by atomic mass is 10.2. The van der Waals surface area contributed by atoms with E-state index >= 15 is 0 Å². The lowest BCUT2D eigenvalue weighted by molar-refractivity contribution is 0.433. The molecule has 0 unspecified atom stereocenters. The second-order valence-electron chi connectivity index (χ2n) is 4.10. The summed E-state index contributed by atoms with van der Waals surface area (Å²) in [6.45, 7) is 0. The first-order valence-corrected chi connectivity index (χ1v) is 7.53. The maximum Gasteiger partial charge on any atom is 0.270 e. The molecule has 0 fully saturated rings. The van der Waals surface area contributed by atoms with Gasteiger partial charge < -0.3 is 10.3 Å². The molecule has 4 aromatic heterocycles. The third-order valence-electron chi connectivity index (χ3n) is 2.87. The van der Waals surface area contributed by atoms with Crippen LogP contribution in [-0.2, 0) is 0 Å². The monoisotopic (exact) mass is 300 g/mol. The summed E-state index contributed by atoms with van der Waals surface area (Å²) in [5.74, 6) is 1.02. The van der Waals surface area contributed by atoms with E-state index in [0.717, 1.165) is 20.0 Å². The first-order chi connectivity index (χ1) is 9.83. The number of hydrogen-bond acceptors (Lipinski definition) is 7. The molecule has 0 amide bonds. The summed E-state index contributed by atoms with van der Waals surface area (Å²) in [7, 11) is 0. The number of nitrogens with zero attached hydrogens (tertiary/aromatic N) is 3. The molecule has 0 aliphatic heterocycles. The molecule has 4 heterocycles. The number of aromatic nitrogens is 3. The molecule has 98 valence electrons. The molecule has 2 N–H and O–H groups in total. The first-order valence-electron chi connectivity index (χ1n) is 5.84. The van der Waals surface area contributed by atoms with Gasteiger partial charge in [-0.15, -0.1) is 22.7 Å². The van der Waals surface area contributed by atoms with Crippen LogP contribution in [0.5, 0.6) is 0 Å². The number of anilines is 1. The van der Waals surface area contributed by atoms with Crippen molar-refractivity contribution in [2.24, 2.45) is 0 Å². The Morgan fingerprint density at radius 1 is 1.20 bits per heavy atom. The van der Waals surface area contributed by atoms with Gasteiger partial charge in [0, 0.05) is 11.6 Å². The van der Waals surface area contributed by atoms with E-state index in [1.807, 2.05) is 29.6 Å². The van der Waals surface area contributed by atoms with Crippen molar-refractivity contribution in [3.05, 3.63) is 35.8 Å². The lowest BCUT2D eigenvalue weighted by Gasteiger charge is -1.91. The normalized spacial score (nSPS) is 11.2. The number of thiophene rings is 2. The van der Waals surface area contributed by atoms with Crippen LogP contribution in [0.1, 0.15) is 0 Å². The standard InChI is InChI=1S/C13H8N4OS2/c14-9-7-3-1-5-15-13(7)20-10(9)12-16-11(17-18-12)8-4-2-6-19-8/h1-6H,14H2. The highest BCUT2D eigenvalue weighted by atomic mass is 32.1. The Hall–Kier alpha value is -2.25. The second-order valence-corrected chi connectivity index (χ2v) is 6.05. The molecule has 0 aliphatic rings. The summed E-state index contributed by atoms with van der Waals surface area (Å²) in [5, 5.41) is 6.90. The Morgan fingerprint density at radius 2 is 2.15 bits per heavy atom. The molecule has 0 aromatic carbocycles. The minimum atomic E-state index is 0.439. The van der Waals surface area contributed by atoms with Gasteiger partial charge in [-0.3, -0.25) is 0 Å². The van der Waals surface area contributed by atoms with Crippen LogP contribution < -0.4 is 5.73 Å². The molecule has 0 bridgehead atoms. The second kappa shape index (κ2) is 4.39. The molecule has 0 atom stereocenters. The molecule has 4 rings (SSSR count). The van der Waals surface area contributed by atoms with E-state index in [-0.39, 0.29) is 0 Å². The van der Waals surface area contributed by atoms with Crippen LogP contribution in [0.4, 0.5) is 5.69 Å². The van der Waals surface area contributed by atoms with Crippen molar-refractivity contribution in [2.75, 3.05) is 5.73 Å². The van der Waals surface area contributed by atoms with Gasteiger partial charge in [0.1, 0.15) is 9.71 Å². The van der Waals surface area contributed by atoms with Crippen LogP contribution in [0, 0.1) is 0 Å². The fraction of sp³-hybridized carbons (Fsp3) is 0. The molecule has 0 radical (unpaired) electrons. The minimum Gasteiger partial charge on any atom is -0.397 e. The maximum absolute atomic E-state index is 6.14. The van der Waals surface area contributed by atoms with E-state index in [0.29, 0.717) is 17.4 Å². The number of fused-ring (bicyclic) bond motifs is 1. The molecule has 7 heteroatoms. The van der Waals surface area contributed by atoms with Gasteiger partial charge >= 0.3 is 0 Å². The maximum atomic E-state index is 6.14. The zero-order valence-electron chi connectivity index (χ0n) is 10.1. The highest BCUT2D eigenvalue weighted by Gasteiger charge is 2.18. The highest BCUT2D eigenvalue weighted by molar-refractivity contribution is 7.22. The van der Waals surface area contributed by atoms with Crippen molar-refractivity contribution in [3.8, 4) is 21.5 Å². The Kier molecular flexibility index (Phi) is 2.54. The summed E-state index contributed by atoms with van der Waals surface area (Å²) in [5.41, 5.74) is 6.78. The highest BCUT2D eigenvalue weighted by Crippen LogP contribution is 2.39. The predicted octanol–water partition coefficient (Wildman–Crippen LogP) is 3.66. The third kappa shape index (κ3) is 1.71. The van der Waals surface area contributed by atoms with Gasteiger partial charge in [-0.25, -0.2) is 4.98 Å². The van der Waals surface area contributed by atoms with Gasteiger partial charge in [0.2, 0.25) is 5.82 Å². The van der Waals surface area contributed by atoms with E-state index in [9.17, 15) is 0 Å². The summed E-state index contributed by atoms with van der Waals surface area (Å²) >= 11 is 3.03. The van der Waals surface area contributed by atoms with Crippen LogP contribution in [0.15, 0.2) is 40.4 Å². The molecule has 0 saturated carbocycles. The Bertz CT molecular complexity index is 879. The fourth-order valence-electron chi connectivity index (χ4n) is 1.93. The molecule has 0 saturated heterocycles. The molecular weight excluding hydrogens is 292 g/mol. The Morgan fingerprint density at radius 3 is 2.95 bits per heavy atom. The topological polar surface area (TPSA) is 77.8 Å². The Labute approximate surface area is 121 Å². The number of nitrogen functional groups attached to an aromatic ring is 1. The number of nitrogens with two attached hydrogens (primary N) is 1. The first kappa shape index (κ1) is 11.6. The zero-order chi connectivity index (χ0) is 13.5. The molecule has 0 spiro atoms. The summed E-state index contributed by atoms with van der Waals surface area (Å²) in [6, 6.07) is 7.71. The summed E-state index contributed by atoms with van der Waals surface area (Å²) in [4.78, 5) is 11.3. The van der Waals surface area contributed by atoms with Gasteiger partial charge in [0.05, 0.1) is 10.6 Å². The zero-order valence-corrected chi connectivity index (χ0v) is 11.7. The third-order valence-corrected chi connectivity index (χ3v) is 4.85. The number of pyridine rings is 1. The van der Waals surface area contributed by atoms with Crippen LogP contribution in [-0.4, -0.2) is 15.1 Å². The molecular formula is C13H8N4OS2. The lowest BCUT2D eigenvalue weighted by Crippen LogP contribution is -1.85. The SMILES string of the molecule is Nc1c(-c2nc(-c3cccs3)no2)sc2ncccc12. The number of rotatable bonds is 2. The average molecular weight is 300 g/mol. The van der Waals surface area contributed by atoms with E-state index in [2.05, 4.69) is 15.1 Å². The number of hydrogen-bond donors (Lipinski definition) is 1. The smallest absolute Gasteiger partial charge is 0.270 e. The van der Waals surface area contributed by atoms with Crippen molar-refractivity contribution in [1.82, 2.24) is 15.1 Å². The van der Waals surface area contributed by atoms with Crippen LogP contribution >= 0.6 is 22.7 Å². The van der Waals surface area contributed by atoms with Crippen molar-refractivity contribution in [1.29, 1.82) is 0 Å². The van der Waals surface area contributed by atoms with Crippen LogP contribution in [0.3, 0.4) is 0 Å². The quantitative estimate of drug-likeness (QED) is 0.611. The van der Waals surface area contributed by atoms with Gasteiger partial charge in [0.25, 0.3) is 5.89 Å². The van der Waals surface area contributed by atoms with Gasteiger partial charge in [0.15, 0.2) is 0 Å². The van der Waals surface area contributed by atoms with Crippen molar-refractivity contribution >= 4 is 38.6 Å². The molecule has 20 heavy (non-hydrogen) atoms. The summed E-state index contributed by atoms with van der Waals surface area (Å²) < 4.78 is 5.33. The molecule has 0 aliphatic carbocycles. The van der Waals surface area contributed by atoms with E-state index < -0.39 is 0 Å². The van der Waals surface area contributed by atoms with Crippen molar-refractivity contribution < 1.29 is 4.52 Å². The van der Waals surface area contributed by atoms with Gasteiger partial charge in [-0.2, -0.15) is 4.98 Å². The largest absolute Gasteiger partial charge is 0.397 e. The van der Waals surface area contributed by atoms with Crippen LogP contribution in [0.2, 0.25) is 0 Å².